The number of unbranched alkanes of at least 4 members (excludes halogenated alkanes) is 5. The van der Waals surface area contributed by atoms with Gasteiger partial charge >= 0.3 is 5.97 Å². The molecule has 3 aliphatic heterocycles. The molecule has 0 saturated carbocycles. The number of carboxylic acid groups (broad SMARTS) is 1. The Bertz CT molecular complexity index is 1980. The lowest BCUT2D eigenvalue weighted by atomic mass is 9.97. The molecular weight excluding hydrogens is 1090 g/mol. The Balaban J connectivity index is 1.47. The summed E-state index contributed by atoms with van der Waals surface area (Å²) in [6.45, 7) is 2.24. The smallest absolute Gasteiger partial charge is 0.326 e. The Kier molecular flexibility index (Phi) is 33.3. The van der Waals surface area contributed by atoms with Crippen LogP contribution in [0, 0.1) is 0 Å². The van der Waals surface area contributed by atoms with Crippen molar-refractivity contribution in [2.75, 3.05) is 52.7 Å². The number of ether oxygens (including phenoxy) is 6. The summed E-state index contributed by atoms with van der Waals surface area (Å²) >= 11 is 0. The highest BCUT2D eigenvalue weighted by molar-refractivity contribution is 5.90. The van der Waals surface area contributed by atoms with Gasteiger partial charge in [-0.15, -0.1) is 0 Å². The van der Waals surface area contributed by atoms with E-state index in [-0.39, 0.29) is 96.1 Å². The highest BCUT2D eigenvalue weighted by atomic mass is 16.7. The number of rotatable bonds is 38. The summed E-state index contributed by atoms with van der Waals surface area (Å²) in [7, 11) is 0. The van der Waals surface area contributed by atoms with E-state index in [0.717, 1.165) is 0 Å². The van der Waals surface area contributed by atoms with Gasteiger partial charge in [-0.05, 0) is 77.0 Å². The number of carbonyl (C=O) groups is 8. The number of amides is 7. The van der Waals surface area contributed by atoms with Gasteiger partial charge in [-0.25, -0.2) is 4.79 Å². The van der Waals surface area contributed by atoms with Gasteiger partial charge in [0, 0.05) is 72.9 Å². The van der Waals surface area contributed by atoms with Gasteiger partial charge in [0.25, 0.3) is 0 Å². The van der Waals surface area contributed by atoms with E-state index in [0.29, 0.717) is 44.9 Å². The Morgan fingerprint density at radius 2 is 0.756 bits per heavy atom. The minimum atomic E-state index is -1.52. The molecule has 0 spiro atoms. The van der Waals surface area contributed by atoms with E-state index in [1.54, 1.807) is 0 Å². The van der Waals surface area contributed by atoms with Crippen molar-refractivity contribution in [2.24, 2.45) is 0 Å². The maximum atomic E-state index is 13.7. The van der Waals surface area contributed by atoms with Gasteiger partial charge in [-0.1, -0.05) is 0 Å². The molecule has 3 saturated heterocycles. The molecular formula is C51H89N7O24. The van der Waals surface area contributed by atoms with E-state index in [1.807, 2.05) is 0 Å². The molecule has 31 nitrogen and oxygen atoms in total. The van der Waals surface area contributed by atoms with Crippen LogP contribution in [-0.4, -0.2) is 255 Å². The SMILES string of the molecule is CC(=O)N[C@H]1[C@H](OCCCCC(=O)NCCCC[C@H](NC(=O)[C@H](CCCCNC(=O)CCCCO[C@@H]2O[C@H](CO)[C@H](O)[C@H](O)[C@H]2NC(C)=O)NC(=O)CCCCO[C@@H]2O[C@H](CO)[C@H](O)[C@H](O)[C@H]2NC(C)=O)C(=O)O)O[C@H](CO)[C@H](O)[C@@H]1O. The minimum absolute atomic E-state index is 0.0232. The number of carboxylic acids is 1. The lowest BCUT2D eigenvalue weighted by molar-refractivity contribution is -0.270. The molecule has 0 bridgehead atoms. The van der Waals surface area contributed by atoms with E-state index < -0.39 is 159 Å². The number of carbonyl (C=O) groups excluding carboxylic acids is 7. The van der Waals surface area contributed by atoms with Gasteiger partial charge < -0.3 is 117 Å². The third-order valence-corrected chi connectivity index (χ3v) is 13.7. The van der Waals surface area contributed by atoms with Gasteiger partial charge in [0.15, 0.2) is 18.9 Å². The summed E-state index contributed by atoms with van der Waals surface area (Å²) in [6.07, 6.45) is -12.6. The van der Waals surface area contributed by atoms with Gasteiger partial charge in [0.1, 0.15) is 85.1 Å². The summed E-state index contributed by atoms with van der Waals surface area (Å²) in [6, 6.07) is -5.93. The van der Waals surface area contributed by atoms with Crippen LogP contribution in [0.4, 0.5) is 0 Å². The molecule has 17 N–H and O–H groups in total. The molecule has 3 rings (SSSR count). The second kappa shape index (κ2) is 38.2. The molecule has 17 atom stereocenters. The quantitative estimate of drug-likeness (QED) is 0.0256. The minimum Gasteiger partial charge on any atom is -0.480 e. The molecule has 0 radical (unpaired) electrons. The van der Waals surface area contributed by atoms with Crippen LogP contribution in [0.2, 0.25) is 0 Å². The van der Waals surface area contributed by atoms with Crippen LogP contribution in [0.25, 0.3) is 0 Å². The first kappa shape index (κ1) is 71.4. The zero-order chi connectivity index (χ0) is 60.9. The zero-order valence-corrected chi connectivity index (χ0v) is 46.8. The van der Waals surface area contributed by atoms with E-state index in [1.165, 1.54) is 20.8 Å². The average Bonchev–Trinajstić information content (AvgIpc) is 3.43. The normalized spacial score (nSPS) is 28.9. The fraction of sp³-hybridized carbons (Fsp3) is 0.843. The Labute approximate surface area is 475 Å². The molecule has 0 aromatic carbocycles. The lowest BCUT2D eigenvalue weighted by Gasteiger charge is -2.42. The highest BCUT2D eigenvalue weighted by Crippen LogP contribution is 2.25. The van der Waals surface area contributed by atoms with E-state index in [9.17, 15) is 89.4 Å². The van der Waals surface area contributed by atoms with Gasteiger partial charge in [0.2, 0.25) is 41.4 Å². The monoisotopic (exact) mass is 1180 g/mol. The summed E-state index contributed by atoms with van der Waals surface area (Å²) in [5, 5.41) is 119. The second-order valence-corrected chi connectivity index (χ2v) is 20.5. The van der Waals surface area contributed by atoms with Crippen LogP contribution < -0.4 is 37.2 Å². The van der Waals surface area contributed by atoms with Crippen LogP contribution in [0.15, 0.2) is 0 Å². The largest absolute Gasteiger partial charge is 0.480 e. The van der Waals surface area contributed by atoms with Gasteiger partial charge in [0.05, 0.1) is 19.8 Å². The van der Waals surface area contributed by atoms with Crippen molar-refractivity contribution >= 4 is 47.3 Å². The number of aliphatic carboxylic acids is 1. The summed E-state index contributed by atoms with van der Waals surface area (Å²) in [5.74, 6) is -4.79. The number of aliphatic hydroxyl groups excluding tert-OH is 9. The molecule has 0 unspecified atom stereocenters. The predicted molar refractivity (Wildman–Crippen MR) is 281 cm³/mol. The van der Waals surface area contributed by atoms with E-state index in [4.69, 9.17) is 28.4 Å². The van der Waals surface area contributed by atoms with Crippen LogP contribution in [-0.2, 0) is 66.8 Å². The third-order valence-electron chi connectivity index (χ3n) is 13.7. The number of hydrogen-bond donors (Lipinski definition) is 17. The van der Waals surface area contributed by atoms with Crippen molar-refractivity contribution in [3.63, 3.8) is 0 Å². The average molecular weight is 1180 g/mol. The maximum Gasteiger partial charge on any atom is 0.326 e. The first-order chi connectivity index (χ1) is 39.0. The molecule has 7 amide bonds. The molecule has 3 aliphatic rings. The van der Waals surface area contributed by atoms with Crippen molar-refractivity contribution in [3.8, 4) is 0 Å². The van der Waals surface area contributed by atoms with Crippen LogP contribution in [0.1, 0.15) is 117 Å². The fourth-order valence-corrected chi connectivity index (χ4v) is 9.24. The van der Waals surface area contributed by atoms with Crippen LogP contribution >= 0.6 is 0 Å². The van der Waals surface area contributed by atoms with E-state index >= 15 is 0 Å². The maximum absolute atomic E-state index is 13.7. The molecule has 3 fully saturated rings. The van der Waals surface area contributed by atoms with Gasteiger partial charge in [-0.3, -0.25) is 33.6 Å². The Hall–Kier alpha value is -4.84. The summed E-state index contributed by atoms with van der Waals surface area (Å²) in [4.78, 5) is 99.6. The topological polar surface area (TPSA) is 478 Å². The molecule has 0 aliphatic carbocycles. The molecule has 0 aromatic rings. The fourth-order valence-electron chi connectivity index (χ4n) is 9.24. The molecule has 82 heavy (non-hydrogen) atoms. The molecule has 472 valence electrons. The van der Waals surface area contributed by atoms with Crippen molar-refractivity contribution in [1.82, 2.24) is 37.2 Å². The Morgan fingerprint density at radius 1 is 0.427 bits per heavy atom. The zero-order valence-electron chi connectivity index (χ0n) is 46.8. The van der Waals surface area contributed by atoms with Crippen LogP contribution in [0.3, 0.4) is 0 Å². The van der Waals surface area contributed by atoms with E-state index in [2.05, 4.69) is 37.2 Å². The van der Waals surface area contributed by atoms with Crippen molar-refractivity contribution < 1.29 is 118 Å². The van der Waals surface area contributed by atoms with Crippen molar-refractivity contribution in [2.45, 2.75) is 221 Å². The number of nitrogens with one attached hydrogen (secondary N) is 7. The molecule has 31 heteroatoms. The standard InChI is InChI=1S/C51H89N7O24/c1-27(62)54-38-44(71)41(68)32(24-59)80-49(38)77-21-11-6-16-35(65)52-19-9-4-14-30(57-37(67)18-8-13-23-79-51-40(56-29(3)64)46(73)43(70)34(26-61)82-51)47(74)58-31(48(75)76)15-5-10-20-53-36(66)17-7-12-22-78-50-39(55-28(2)63)45(72)42(69)33(25-60)81-50/h30-34,38-46,49-51,59-61,68-73H,4-26H2,1-3H3,(H,52,65)(H,53,66)(H,54,62)(H,55,63)(H,56,64)(H,57,67)(H,58,74)(H,75,76)/t30-,31-,32+,33+,34+,38+,39+,40+,41-,42-,43-,44+,45+,46+,49+,50+,51+/m0/s1. The molecule has 0 aromatic heterocycles. The van der Waals surface area contributed by atoms with Crippen molar-refractivity contribution in [3.05, 3.63) is 0 Å². The number of hydrogen-bond acceptors (Lipinski definition) is 23. The molecule has 3 heterocycles. The predicted octanol–water partition coefficient (Wildman–Crippen LogP) is -5.99. The Morgan fingerprint density at radius 3 is 1.07 bits per heavy atom. The van der Waals surface area contributed by atoms with Gasteiger partial charge in [-0.2, -0.15) is 0 Å². The lowest BCUT2D eigenvalue weighted by Crippen LogP contribution is -2.64. The van der Waals surface area contributed by atoms with Crippen molar-refractivity contribution in [1.29, 1.82) is 0 Å². The van der Waals surface area contributed by atoms with Crippen LogP contribution in [0.5, 0.6) is 0 Å². The first-order valence-corrected chi connectivity index (χ1v) is 27.9. The first-order valence-electron chi connectivity index (χ1n) is 27.9. The number of aliphatic hydroxyl groups is 9. The summed E-state index contributed by atoms with van der Waals surface area (Å²) < 4.78 is 33.7. The highest BCUT2D eigenvalue weighted by Gasteiger charge is 2.48. The second-order valence-electron chi connectivity index (χ2n) is 20.5. The third kappa shape index (κ3) is 24.8. The summed E-state index contributed by atoms with van der Waals surface area (Å²) in [5.41, 5.74) is 0.